The van der Waals surface area contributed by atoms with E-state index in [0.717, 1.165) is 43.6 Å². The first-order valence-corrected chi connectivity index (χ1v) is 10.2. The highest BCUT2D eigenvalue weighted by Gasteiger charge is 2.37. The van der Waals surface area contributed by atoms with Crippen LogP contribution in [0.1, 0.15) is 36.9 Å². The Morgan fingerprint density at radius 3 is 2.48 bits per heavy atom. The molecule has 27 heavy (non-hydrogen) atoms. The van der Waals surface area contributed by atoms with Gasteiger partial charge in [0.05, 0.1) is 6.61 Å². The van der Waals surface area contributed by atoms with E-state index < -0.39 is 0 Å². The second kappa shape index (κ2) is 8.77. The van der Waals surface area contributed by atoms with Gasteiger partial charge < -0.3 is 14.8 Å². The van der Waals surface area contributed by atoms with Crippen LogP contribution in [0, 0.1) is 5.92 Å². The van der Waals surface area contributed by atoms with E-state index in [-0.39, 0.29) is 0 Å². The van der Waals surface area contributed by atoms with Gasteiger partial charge in [-0.15, -0.1) is 0 Å². The molecule has 0 unspecified atom stereocenters. The Hall–Kier alpha value is -2.04. The van der Waals surface area contributed by atoms with Crippen molar-refractivity contribution >= 4 is 0 Å². The minimum Gasteiger partial charge on any atom is -0.490 e. The van der Waals surface area contributed by atoms with Crippen molar-refractivity contribution in [2.45, 2.75) is 32.4 Å². The summed E-state index contributed by atoms with van der Waals surface area (Å²) in [6.45, 7) is 7.65. The number of nitrogens with one attached hydrogen (secondary N) is 1. The number of benzene rings is 2. The van der Waals surface area contributed by atoms with Crippen LogP contribution in [-0.2, 0) is 6.61 Å². The zero-order valence-corrected chi connectivity index (χ0v) is 16.2. The monoisotopic (exact) mass is 366 g/mol. The molecule has 1 saturated carbocycles. The molecular formula is C23H30N2O2. The maximum Gasteiger partial charge on any atom is 0.161 e. The van der Waals surface area contributed by atoms with Crippen LogP contribution in [0.15, 0.2) is 48.5 Å². The third kappa shape index (κ3) is 4.63. The van der Waals surface area contributed by atoms with Crippen molar-refractivity contribution in [2.75, 3.05) is 32.8 Å². The molecule has 4 heteroatoms. The maximum atomic E-state index is 6.08. The zero-order valence-electron chi connectivity index (χ0n) is 16.2. The second-order valence-electron chi connectivity index (χ2n) is 7.48. The molecule has 0 radical (unpaired) electrons. The van der Waals surface area contributed by atoms with Crippen molar-refractivity contribution < 1.29 is 9.47 Å². The van der Waals surface area contributed by atoms with Crippen molar-refractivity contribution in [3.8, 4) is 11.5 Å². The van der Waals surface area contributed by atoms with Gasteiger partial charge in [-0.25, -0.2) is 0 Å². The summed E-state index contributed by atoms with van der Waals surface area (Å²) < 4.78 is 12.0. The fraction of sp³-hybridized carbons (Fsp3) is 0.478. The summed E-state index contributed by atoms with van der Waals surface area (Å²) in [7, 11) is 0. The number of piperazine rings is 1. The molecule has 1 aliphatic carbocycles. The van der Waals surface area contributed by atoms with E-state index in [2.05, 4.69) is 40.5 Å². The largest absolute Gasteiger partial charge is 0.490 e. The van der Waals surface area contributed by atoms with Crippen molar-refractivity contribution in [2.24, 2.45) is 5.92 Å². The average molecular weight is 367 g/mol. The van der Waals surface area contributed by atoms with E-state index in [4.69, 9.17) is 9.47 Å². The number of hydrogen-bond donors (Lipinski definition) is 1. The summed E-state index contributed by atoms with van der Waals surface area (Å²) in [5.74, 6) is 2.49. The van der Waals surface area contributed by atoms with Crippen molar-refractivity contribution in [3.05, 3.63) is 59.7 Å². The highest BCUT2D eigenvalue weighted by atomic mass is 16.5. The SMILES string of the molecule is CCOc1cc([C@@H](C2CC2)N2CCNCC2)ccc1OCc1ccccc1. The van der Waals surface area contributed by atoms with Crippen LogP contribution >= 0.6 is 0 Å². The van der Waals surface area contributed by atoms with E-state index >= 15 is 0 Å². The summed E-state index contributed by atoms with van der Waals surface area (Å²) in [5, 5.41) is 3.47. The van der Waals surface area contributed by atoms with Gasteiger partial charge in [0.2, 0.25) is 0 Å². The van der Waals surface area contributed by atoms with E-state index in [1.807, 2.05) is 25.1 Å². The first kappa shape index (κ1) is 18.3. The summed E-state index contributed by atoms with van der Waals surface area (Å²) in [4.78, 5) is 2.64. The molecule has 2 aromatic rings. The van der Waals surface area contributed by atoms with Crippen LogP contribution in [-0.4, -0.2) is 37.7 Å². The molecule has 4 nitrogen and oxygen atoms in total. The van der Waals surface area contributed by atoms with Gasteiger partial charge in [-0.2, -0.15) is 0 Å². The minimum absolute atomic E-state index is 0.509. The highest BCUT2D eigenvalue weighted by molar-refractivity contribution is 5.44. The Morgan fingerprint density at radius 2 is 1.78 bits per heavy atom. The van der Waals surface area contributed by atoms with E-state index in [9.17, 15) is 0 Å². The van der Waals surface area contributed by atoms with E-state index in [0.29, 0.717) is 19.3 Å². The first-order chi connectivity index (χ1) is 13.3. The molecule has 2 aliphatic rings. The lowest BCUT2D eigenvalue weighted by atomic mass is 9.99. The Balaban J connectivity index is 1.53. The molecule has 1 atom stereocenters. The van der Waals surface area contributed by atoms with Gasteiger partial charge >= 0.3 is 0 Å². The zero-order chi connectivity index (χ0) is 18.5. The summed E-state index contributed by atoms with van der Waals surface area (Å²) >= 11 is 0. The first-order valence-electron chi connectivity index (χ1n) is 10.2. The smallest absolute Gasteiger partial charge is 0.161 e. The predicted octanol–water partition coefficient (Wildman–Crippen LogP) is 4.02. The Morgan fingerprint density at radius 1 is 1.00 bits per heavy atom. The molecule has 1 aliphatic heterocycles. The van der Waals surface area contributed by atoms with Gasteiger partial charge in [0.15, 0.2) is 11.5 Å². The van der Waals surface area contributed by atoms with Crippen LogP contribution in [0.3, 0.4) is 0 Å². The molecule has 144 valence electrons. The minimum atomic E-state index is 0.509. The van der Waals surface area contributed by atoms with Gasteiger partial charge in [0.25, 0.3) is 0 Å². The highest BCUT2D eigenvalue weighted by Crippen LogP contribution is 2.46. The Labute approximate surface area is 162 Å². The van der Waals surface area contributed by atoms with E-state index in [1.165, 1.54) is 24.0 Å². The molecule has 1 N–H and O–H groups in total. The van der Waals surface area contributed by atoms with Crippen molar-refractivity contribution in [3.63, 3.8) is 0 Å². The summed E-state index contributed by atoms with van der Waals surface area (Å²) in [5.41, 5.74) is 2.54. The predicted molar refractivity (Wildman–Crippen MR) is 108 cm³/mol. The molecule has 0 aromatic heterocycles. The fourth-order valence-electron chi connectivity index (χ4n) is 3.98. The Bertz CT molecular complexity index is 724. The van der Waals surface area contributed by atoms with Crippen LogP contribution in [0.4, 0.5) is 0 Å². The third-order valence-electron chi connectivity index (χ3n) is 5.46. The Kier molecular flexibility index (Phi) is 5.95. The fourth-order valence-corrected chi connectivity index (χ4v) is 3.98. The quantitative estimate of drug-likeness (QED) is 0.765. The molecule has 2 fully saturated rings. The molecule has 0 amide bonds. The van der Waals surface area contributed by atoms with Gasteiger partial charge in [0.1, 0.15) is 6.61 Å². The average Bonchev–Trinajstić information content (AvgIpc) is 3.54. The molecule has 0 bridgehead atoms. The number of nitrogens with zero attached hydrogens (tertiary/aromatic N) is 1. The van der Waals surface area contributed by atoms with Gasteiger partial charge in [-0.3, -0.25) is 4.90 Å². The topological polar surface area (TPSA) is 33.7 Å². The number of rotatable bonds is 8. The lowest BCUT2D eigenvalue weighted by Gasteiger charge is -2.35. The van der Waals surface area contributed by atoms with Gasteiger partial charge in [-0.1, -0.05) is 36.4 Å². The summed E-state index contributed by atoms with van der Waals surface area (Å²) in [6.07, 6.45) is 2.68. The van der Waals surface area contributed by atoms with Crippen LogP contribution in [0.25, 0.3) is 0 Å². The van der Waals surface area contributed by atoms with Crippen molar-refractivity contribution in [1.29, 1.82) is 0 Å². The normalized spacial score (nSPS) is 18.9. The van der Waals surface area contributed by atoms with Crippen LogP contribution in [0.5, 0.6) is 11.5 Å². The standard InChI is InChI=1S/C23H30N2O2/c1-2-26-22-16-20(23(19-8-9-19)25-14-12-24-13-15-25)10-11-21(22)27-17-18-6-4-3-5-7-18/h3-7,10-11,16,19,23-24H,2,8-9,12-15,17H2,1H3/t23-/m1/s1. The van der Waals surface area contributed by atoms with E-state index in [1.54, 1.807) is 0 Å². The van der Waals surface area contributed by atoms with Crippen LogP contribution < -0.4 is 14.8 Å². The van der Waals surface area contributed by atoms with Gasteiger partial charge in [-0.05, 0) is 48.9 Å². The van der Waals surface area contributed by atoms with Crippen molar-refractivity contribution in [1.82, 2.24) is 10.2 Å². The number of ether oxygens (including phenoxy) is 2. The molecular weight excluding hydrogens is 336 g/mol. The lowest BCUT2D eigenvalue weighted by molar-refractivity contribution is 0.155. The molecule has 2 aromatic carbocycles. The third-order valence-corrected chi connectivity index (χ3v) is 5.46. The summed E-state index contributed by atoms with van der Waals surface area (Å²) in [6, 6.07) is 17.3. The molecule has 0 spiro atoms. The molecule has 1 heterocycles. The molecule has 4 rings (SSSR count). The van der Waals surface area contributed by atoms with Crippen LogP contribution in [0.2, 0.25) is 0 Å². The lowest BCUT2D eigenvalue weighted by Crippen LogP contribution is -2.45. The second-order valence-corrected chi connectivity index (χ2v) is 7.48. The maximum absolute atomic E-state index is 6.08. The van der Waals surface area contributed by atoms with Gasteiger partial charge in [0, 0.05) is 32.2 Å². The number of hydrogen-bond acceptors (Lipinski definition) is 4. The molecule has 1 saturated heterocycles.